The number of rotatable bonds is 5. The molecule has 2 unspecified atom stereocenters. The van der Waals surface area contributed by atoms with Gasteiger partial charge in [-0.3, -0.25) is 14.4 Å². The van der Waals surface area contributed by atoms with Crippen LogP contribution in [0.3, 0.4) is 0 Å². The van der Waals surface area contributed by atoms with E-state index in [1.165, 1.54) is 0 Å². The van der Waals surface area contributed by atoms with Crippen molar-refractivity contribution in [3.8, 4) is 0 Å². The minimum atomic E-state index is -5.07. The van der Waals surface area contributed by atoms with Crippen LogP contribution < -0.4 is 11.1 Å². The van der Waals surface area contributed by atoms with E-state index in [2.05, 4.69) is 17.9 Å². The number of nitrogens with two attached hydrogens (primary N) is 1. The fourth-order valence-electron chi connectivity index (χ4n) is 2.55. The Morgan fingerprint density at radius 3 is 2.21 bits per heavy atom. The SMILES string of the molecule is NC1CNC(P(=O)(O)O)(P(=O)(O)O)C(CCCS)C1. The lowest BCUT2D eigenvalue weighted by atomic mass is 9.91. The molecule has 0 saturated carbocycles. The molecule has 8 nitrogen and oxygen atoms in total. The van der Waals surface area contributed by atoms with E-state index in [0.29, 0.717) is 12.2 Å². The molecule has 1 aliphatic rings. The molecule has 114 valence electrons. The largest absolute Gasteiger partial charge is 0.358 e. The number of thiol groups is 1. The Hall–Kier alpha value is 0.570. The fraction of sp³-hybridized carbons (Fsp3) is 1.00. The minimum Gasteiger partial charge on any atom is -0.327 e. The highest BCUT2D eigenvalue weighted by molar-refractivity contribution is 7.80. The van der Waals surface area contributed by atoms with Gasteiger partial charge in [-0.2, -0.15) is 12.6 Å². The van der Waals surface area contributed by atoms with Crippen LogP contribution in [0.2, 0.25) is 0 Å². The van der Waals surface area contributed by atoms with E-state index in [9.17, 15) is 28.7 Å². The molecule has 1 saturated heterocycles. The van der Waals surface area contributed by atoms with Crippen molar-refractivity contribution in [1.29, 1.82) is 0 Å². The first-order valence-electron chi connectivity index (χ1n) is 5.79. The molecule has 1 aliphatic heterocycles. The summed E-state index contributed by atoms with van der Waals surface area (Å²) in [5, 5.41) is -0.184. The van der Waals surface area contributed by atoms with Crippen molar-refractivity contribution in [2.24, 2.45) is 11.7 Å². The maximum atomic E-state index is 11.7. The molecule has 11 heteroatoms. The lowest BCUT2D eigenvalue weighted by Gasteiger charge is -2.46. The minimum absolute atomic E-state index is 0.0480. The Labute approximate surface area is 116 Å². The summed E-state index contributed by atoms with van der Waals surface area (Å²) in [6, 6.07) is -0.392. The van der Waals surface area contributed by atoms with Crippen LogP contribution in [0.4, 0.5) is 0 Å². The molecule has 0 amide bonds. The van der Waals surface area contributed by atoms with Gasteiger partial charge < -0.3 is 25.3 Å². The van der Waals surface area contributed by atoms with Crippen molar-refractivity contribution in [2.75, 3.05) is 12.3 Å². The van der Waals surface area contributed by atoms with Gasteiger partial charge in [0.2, 0.25) is 5.02 Å². The predicted molar refractivity (Wildman–Crippen MR) is 74.0 cm³/mol. The Bertz CT molecular complexity index is 388. The molecule has 7 N–H and O–H groups in total. The van der Waals surface area contributed by atoms with Crippen molar-refractivity contribution in [1.82, 2.24) is 5.32 Å². The smallest absolute Gasteiger partial charge is 0.327 e. The molecular weight excluding hydrogens is 314 g/mol. The Balaban J connectivity index is 3.25. The summed E-state index contributed by atoms with van der Waals surface area (Å²) in [6.45, 7) is -0.0480. The predicted octanol–water partition coefficient (Wildman–Crippen LogP) is -0.358. The van der Waals surface area contributed by atoms with Crippen molar-refractivity contribution in [3.05, 3.63) is 0 Å². The van der Waals surface area contributed by atoms with Gasteiger partial charge in [-0.15, -0.1) is 0 Å². The molecule has 0 aromatic heterocycles. The first-order valence-corrected chi connectivity index (χ1v) is 9.64. The van der Waals surface area contributed by atoms with Gasteiger partial charge in [-0.25, -0.2) is 0 Å². The molecule has 19 heavy (non-hydrogen) atoms. The van der Waals surface area contributed by atoms with Crippen LogP contribution >= 0.6 is 27.8 Å². The highest BCUT2D eigenvalue weighted by Crippen LogP contribution is 2.72. The number of hydrogen-bond donors (Lipinski definition) is 7. The highest BCUT2D eigenvalue weighted by Gasteiger charge is 2.65. The summed E-state index contributed by atoms with van der Waals surface area (Å²) in [5.41, 5.74) is 5.72. The summed E-state index contributed by atoms with van der Waals surface area (Å²) in [6.07, 6.45) is 0.876. The van der Waals surface area contributed by atoms with Crippen LogP contribution in [0.15, 0.2) is 0 Å². The topological polar surface area (TPSA) is 153 Å². The van der Waals surface area contributed by atoms with Crippen molar-refractivity contribution < 1.29 is 28.7 Å². The molecule has 0 aromatic carbocycles. The van der Waals surface area contributed by atoms with E-state index in [0.717, 1.165) is 0 Å². The van der Waals surface area contributed by atoms with E-state index in [1.807, 2.05) is 0 Å². The normalized spacial score (nSPS) is 28.3. The summed E-state index contributed by atoms with van der Waals surface area (Å²) in [5.74, 6) is -0.436. The Kier molecular flexibility index (Phi) is 5.69. The van der Waals surface area contributed by atoms with E-state index in [4.69, 9.17) is 5.73 Å². The molecule has 0 aromatic rings. The molecule has 1 fully saturated rings. The third kappa shape index (κ3) is 3.43. The van der Waals surface area contributed by atoms with Crippen LogP contribution in [-0.2, 0) is 9.13 Å². The van der Waals surface area contributed by atoms with Gasteiger partial charge >= 0.3 is 15.2 Å². The zero-order valence-corrected chi connectivity index (χ0v) is 12.9. The monoisotopic (exact) mass is 334 g/mol. The zero-order valence-electron chi connectivity index (χ0n) is 10.2. The average Bonchev–Trinajstić information content (AvgIpc) is 2.22. The first kappa shape index (κ1) is 17.6. The van der Waals surface area contributed by atoms with E-state index in [-0.39, 0.29) is 19.4 Å². The standard InChI is InChI=1S/C8H20N2O6P2S/c9-7-4-6(2-1-3-19)8(10-5-7,17(11,12)13)18(14,15)16/h6-7,10,19H,1-5,9H2,(H2,11,12,13)(H2,14,15,16). The summed E-state index contributed by atoms with van der Waals surface area (Å²) in [7, 11) is -10.1. The number of piperidine rings is 1. The van der Waals surface area contributed by atoms with Crippen LogP contribution in [-0.4, -0.2) is 42.9 Å². The molecule has 0 spiro atoms. The van der Waals surface area contributed by atoms with Crippen molar-refractivity contribution in [3.63, 3.8) is 0 Å². The molecular formula is C8H20N2O6P2S. The van der Waals surface area contributed by atoms with Crippen molar-refractivity contribution in [2.45, 2.75) is 30.3 Å². The second-order valence-corrected chi connectivity index (χ2v) is 9.14. The van der Waals surface area contributed by atoms with E-state index >= 15 is 0 Å². The molecule has 0 bridgehead atoms. The average molecular weight is 334 g/mol. The third-order valence-electron chi connectivity index (χ3n) is 3.38. The van der Waals surface area contributed by atoms with Gasteiger partial charge in [-0.05, 0) is 25.0 Å². The maximum absolute atomic E-state index is 11.7. The van der Waals surface area contributed by atoms with Gasteiger partial charge in [0, 0.05) is 18.5 Å². The van der Waals surface area contributed by atoms with Gasteiger partial charge in [0.25, 0.3) is 0 Å². The molecule has 0 radical (unpaired) electrons. The van der Waals surface area contributed by atoms with E-state index < -0.39 is 32.2 Å². The Morgan fingerprint density at radius 2 is 1.79 bits per heavy atom. The molecule has 2 atom stereocenters. The van der Waals surface area contributed by atoms with Crippen LogP contribution in [0.1, 0.15) is 19.3 Å². The lowest BCUT2D eigenvalue weighted by molar-refractivity contribution is 0.190. The molecule has 0 aliphatic carbocycles. The van der Waals surface area contributed by atoms with Gasteiger partial charge in [-0.1, -0.05) is 0 Å². The van der Waals surface area contributed by atoms with Crippen LogP contribution in [0, 0.1) is 5.92 Å². The van der Waals surface area contributed by atoms with Crippen LogP contribution in [0.5, 0.6) is 0 Å². The maximum Gasteiger partial charge on any atom is 0.358 e. The van der Waals surface area contributed by atoms with Gasteiger partial charge in [0.15, 0.2) is 0 Å². The van der Waals surface area contributed by atoms with E-state index in [1.54, 1.807) is 0 Å². The summed E-state index contributed by atoms with van der Waals surface area (Å²) in [4.78, 5) is 37.9. The second kappa shape index (κ2) is 6.13. The quantitative estimate of drug-likeness (QED) is 0.266. The van der Waals surface area contributed by atoms with Gasteiger partial charge in [0.1, 0.15) is 0 Å². The Morgan fingerprint density at radius 1 is 1.26 bits per heavy atom. The zero-order chi connectivity index (χ0) is 14.9. The second-order valence-electron chi connectivity index (χ2n) is 4.75. The molecule has 1 rings (SSSR count). The number of hydrogen-bond acceptors (Lipinski definition) is 5. The fourth-order valence-corrected chi connectivity index (χ4v) is 6.10. The summed E-state index contributed by atoms with van der Waals surface area (Å²) < 4.78 is 23.4. The third-order valence-corrected chi connectivity index (χ3v) is 8.08. The summed E-state index contributed by atoms with van der Waals surface area (Å²) >= 11 is 4.00. The first-order chi connectivity index (χ1) is 8.56. The van der Waals surface area contributed by atoms with Crippen molar-refractivity contribution >= 4 is 27.8 Å². The van der Waals surface area contributed by atoms with Gasteiger partial charge in [0.05, 0.1) is 0 Å². The molecule has 1 heterocycles. The van der Waals surface area contributed by atoms with Crippen LogP contribution in [0.25, 0.3) is 0 Å². The lowest BCUT2D eigenvalue weighted by Crippen LogP contribution is -2.59. The number of nitrogens with one attached hydrogen (secondary N) is 1. The highest BCUT2D eigenvalue weighted by atomic mass is 32.1.